The normalized spacial score (nSPS) is 27.5. The minimum atomic E-state index is -0.310. The predicted octanol–water partition coefficient (Wildman–Crippen LogP) is 0.946. The Kier molecular flexibility index (Phi) is 2.41. The van der Waals surface area contributed by atoms with E-state index in [1.54, 1.807) is 10.6 Å². The number of aromatic nitrogens is 2. The number of hydrogen-bond acceptors (Lipinski definition) is 4. The van der Waals surface area contributed by atoms with Crippen LogP contribution >= 0.6 is 11.6 Å². The van der Waals surface area contributed by atoms with E-state index in [1.807, 2.05) is 0 Å². The maximum absolute atomic E-state index is 11.8. The molecule has 0 spiro atoms. The van der Waals surface area contributed by atoms with Crippen molar-refractivity contribution in [1.29, 1.82) is 0 Å². The summed E-state index contributed by atoms with van der Waals surface area (Å²) in [5.41, 5.74) is 5.84. The molecular formula is C11H15ClN4O. The largest absolute Gasteiger partial charge is 0.350 e. The molecule has 1 saturated heterocycles. The molecular weight excluding hydrogens is 240 g/mol. The molecule has 1 aromatic heterocycles. The lowest BCUT2D eigenvalue weighted by Crippen LogP contribution is -2.63. The van der Waals surface area contributed by atoms with E-state index in [4.69, 9.17) is 17.3 Å². The van der Waals surface area contributed by atoms with Gasteiger partial charge in [0.25, 0.3) is 0 Å². The topological polar surface area (TPSA) is 64.2 Å². The zero-order valence-electron chi connectivity index (χ0n) is 9.53. The molecule has 2 N–H and O–H groups in total. The molecule has 0 saturated carbocycles. The Morgan fingerprint density at radius 1 is 1.35 bits per heavy atom. The summed E-state index contributed by atoms with van der Waals surface area (Å²) in [4.78, 5) is 17.6. The third kappa shape index (κ3) is 1.65. The molecule has 3 heterocycles. The average molecular weight is 255 g/mol. The molecule has 6 heteroatoms. The fraction of sp³-hybridized carbons (Fsp3) is 0.636. The molecule has 0 aromatic carbocycles. The second kappa shape index (κ2) is 3.71. The molecule has 2 aliphatic rings. The molecule has 1 aromatic rings. The number of fused-ring (bicyclic) bond motifs is 3. The minimum Gasteiger partial charge on any atom is -0.340 e. The van der Waals surface area contributed by atoms with Crippen molar-refractivity contribution >= 4 is 17.4 Å². The van der Waals surface area contributed by atoms with Gasteiger partial charge in [-0.3, -0.25) is 4.57 Å². The van der Waals surface area contributed by atoms with Gasteiger partial charge in [-0.05, 0) is 19.3 Å². The molecule has 0 bridgehead atoms. The lowest BCUT2D eigenvalue weighted by molar-refractivity contribution is 0.254. The molecule has 5 nitrogen and oxygen atoms in total. The lowest BCUT2D eigenvalue weighted by Gasteiger charge is -2.49. The summed E-state index contributed by atoms with van der Waals surface area (Å²) in [6.07, 6.45) is 4.02. The zero-order chi connectivity index (χ0) is 12.0. The quantitative estimate of drug-likeness (QED) is 0.700. The van der Waals surface area contributed by atoms with Crippen LogP contribution in [-0.4, -0.2) is 21.8 Å². The number of anilines is 1. The number of hydrogen-bond donors (Lipinski definition) is 1. The molecule has 0 amide bonds. The Labute approximate surface area is 104 Å². The van der Waals surface area contributed by atoms with E-state index in [9.17, 15) is 4.79 Å². The zero-order valence-corrected chi connectivity index (χ0v) is 10.3. The number of rotatable bonds is 0. The van der Waals surface area contributed by atoms with Crippen LogP contribution in [0.3, 0.4) is 0 Å². The maximum Gasteiger partial charge on any atom is 0.350 e. The smallest absolute Gasteiger partial charge is 0.340 e. The van der Waals surface area contributed by atoms with Gasteiger partial charge in [-0.15, -0.1) is 0 Å². The first-order valence-electron chi connectivity index (χ1n) is 5.94. The Morgan fingerprint density at radius 3 is 3.00 bits per heavy atom. The fourth-order valence-corrected chi connectivity index (χ4v) is 3.04. The highest BCUT2D eigenvalue weighted by molar-refractivity contribution is 6.29. The van der Waals surface area contributed by atoms with Crippen molar-refractivity contribution in [2.24, 2.45) is 5.73 Å². The maximum atomic E-state index is 11.8. The average Bonchev–Trinajstić information content (AvgIpc) is 2.27. The van der Waals surface area contributed by atoms with Gasteiger partial charge in [-0.1, -0.05) is 11.6 Å². The highest BCUT2D eigenvalue weighted by Gasteiger charge is 2.39. The standard InChI is InChI=1S/C11H15ClN4O/c12-8-7-9-15(10(17)14-8)6-4-11(13)3-1-2-5-16(9)11/h7H,1-6,13H2/t11-/m0/s1. The van der Waals surface area contributed by atoms with Gasteiger partial charge in [0.05, 0.1) is 5.66 Å². The molecule has 1 fully saturated rings. The highest BCUT2D eigenvalue weighted by Crippen LogP contribution is 2.35. The first-order chi connectivity index (χ1) is 8.10. The SMILES string of the molecule is N[C@@]12CCCCN1c1cc(Cl)nc(=O)n1CC2. The Bertz CT molecular complexity index is 515. The van der Waals surface area contributed by atoms with Crippen molar-refractivity contribution in [1.82, 2.24) is 9.55 Å². The van der Waals surface area contributed by atoms with Crippen LogP contribution in [0.25, 0.3) is 0 Å². The van der Waals surface area contributed by atoms with Gasteiger partial charge >= 0.3 is 5.69 Å². The van der Waals surface area contributed by atoms with Crippen LogP contribution in [-0.2, 0) is 6.54 Å². The third-order valence-electron chi connectivity index (χ3n) is 3.78. The van der Waals surface area contributed by atoms with Gasteiger partial charge in [-0.25, -0.2) is 4.79 Å². The van der Waals surface area contributed by atoms with Crippen molar-refractivity contribution in [3.63, 3.8) is 0 Å². The molecule has 0 aliphatic carbocycles. The Balaban J connectivity index is 2.15. The van der Waals surface area contributed by atoms with E-state index >= 15 is 0 Å². The number of nitrogens with zero attached hydrogens (tertiary/aromatic N) is 3. The molecule has 0 unspecified atom stereocenters. The van der Waals surface area contributed by atoms with E-state index in [0.717, 1.165) is 38.0 Å². The van der Waals surface area contributed by atoms with Gasteiger partial charge in [0.15, 0.2) is 0 Å². The lowest BCUT2D eigenvalue weighted by atomic mass is 9.91. The van der Waals surface area contributed by atoms with Gasteiger partial charge in [0, 0.05) is 25.6 Å². The summed E-state index contributed by atoms with van der Waals surface area (Å²) in [5.74, 6) is 0.823. The fourth-order valence-electron chi connectivity index (χ4n) is 2.87. The molecule has 3 rings (SSSR count). The van der Waals surface area contributed by atoms with Crippen LogP contribution in [0.5, 0.6) is 0 Å². The number of halogens is 1. The van der Waals surface area contributed by atoms with Crippen molar-refractivity contribution in [2.75, 3.05) is 11.4 Å². The molecule has 0 radical (unpaired) electrons. The summed E-state index contributed by atoms with van der Waals surface area (Å²) in [6.45, 7) is 1.52. The van der Waals surface area contributed by atoms with E-state index in [0.29, 0.717) is 6.54 Å². The number of piperidine rings is 1. The predicted molar refractivity (Wildman–Crippen MR) is 66.2 cm³/mol. The molecule has 17 heavy (non-hydrogen) atoms. The van der Waals surface area contributed by atoms with Crippen LogP contribution in [0.2, 0.25) is 5.15 Å². The monoisotopic (exact) mass is 254 g/mol. The first kappa shape index (κ1) is 11.0. The summed E-state index contributed by atoms with van der Waals surface area (Å²) in [6, 6.07) is 1.75. The van der Waals surface area contributed by atoms with E-state index < -0.39 is 0 Å². The van der Waals surface area contributed by atoms with Crippen molar-refractivity contribution in [3.05, 3.63) is 21.7 Å². The van der Waals surface area contributed by atoms with Gasteiger partial charge in [-0.2, -0.15) is 4.98 Å². The van der Waals surface area contributed by atoms with Gasteiger partial charge in [0.1, 0.15) is 11.0 Å². The van der Waals surface area contributed by atoms with Crippen molar-refractivity contribution in [2.45, 2.75) is 37.9 Å². The Morgan fingerprint density at radius 2 is 2.18 bits per heavy atom. The van der Waals surface area contributed by atoms with Crippen LogP contribution in [0.1, 0.15) is 25.7 Å². The van der Waals surface area contributed by atoms with E-state index in [-0.39, 0.29) is 16.5 Å². The Hall–Kier alpha value is -1.07. The van der Waals surface area contributed by atoms with Crippen LogP contribution < -0.4 is 16.3 Å². The highest BCUT2D eigenvalue weighted by atomic mass is 35.5. The summed E-state index contributed by atoms with van der Waals surface area (Å²) >= 11 is 5.87. The summed E-state index contributed by atoms with van der Waals surface area (Å²) in [5, 5.41) is 0.246. The second-order valence-electron chi connectivity index (χ2n) is 4.83. The van der Waals surface area contributed by atoms with Crippen LogP contribution in [0.4, 0.5) is 5.82 Å². The summed E-state index contributed by atoms with van der Waals surface area (Å²) in [7, 11) is 0. The third-order valence-corrected chi connectivity index (χ3v) is 3.98. The van der Waals surface area contributed by atoms with E-state index in [1.165, 1.54) is 0 Å². The van der Waals surface area contributed by atoms with Gasteiger partial charge < -0.3 is 10.6 Å². The first-order valence-corrected chi connectivity index (χ1v) is 6.32. The van der Waals surface area contributed by atoms with Crippen LogP contribution in [0, 0.1) is 0 Å². The number of nitrogens with two attached hydrogens (primary N) is 1. The van der Waals surface area contributed by atoms with Crippen LogP contribution in [0.15, 0.2) is 10.9 Å². The molecule has 2 aliphatic heterocycles. The molecule has 92 valence electrons. The van der Waals surface area contributed by atoms with Crippen molar-refractivity contribution in [3.8, 4) is 0 Å². The minimum absolute atomic E-state index is 0.246. The van der Waals surface area contributed by atoms with Crippen molar-refractivity contribution < 1.29 is 0 Å². The summed E-state index contributed by atoms with van der Waals surface area (Å²) < 4.78 is 1.67. The second-order valence-corrected chi connectivity index (χ2v) is 5.22. The van der Waals surface area contributed by atoms with E-state index in [2.05, 4.69) is 9.88 Å². The molecule has 1 atom stereocenters. The van der Waals surface area contributed by atoms with Gasteiger partial charge in [0.2, 0.25) is 0 Å².